The van der Waals surface area contributed by atoms with Crippen molar-refractivity contribution in [2.24, 2.45) is 0 Å². The molecule has 0 aliphatic heterocycles. The maximum atomic E-state index is 11.4. The van der Waals surface area contributed by atoms with Crippen LogP contribution in [0.3, 0.4) is 0 Å². The van der Waals surface area contributed by atoms with Gasteiger partial charge in [-0.2, -0.15) is 0 Å². The Morgan fingerprint density at radius 1 is 1.41 bits per heavy atom. The average molecular weight is 253 g/mol. The Morgan fingerprint density at radius 2 is 2.12 bits per heavy atom. The van der Waals surface area contributed by atoms with Gasteiger partial charge < -0.3 is 10.1 Å². The van der Waals surface area contributed by atoms with Crippen LogP contribution in [0.5, 0.6) is 0 Å². The summed E-state index contributed by atoms with van der Waals surface area (Å²) in [5.41, 5.74) is 0.638. The highest BCUT2D eigenvalue weighted by molar-refractivity contribution is 8.00. The minimum Gasteiger partial charge on any atom is -0.383 e. The minimum absolute atomic E-state index is 0.0217. The number of carbonyl (C=O) groups excluding carboxylic acids is 2. The van der Waals surface area contributed by atoms with E-state index in [4.69, 9.17) is 4.74 Å². The summed E-state index contributed by atoms with van der Waals surface area (Å²) in [6, 6.07) is 7.13. The number of amides is 1. The van der Waals surface area contributed by atoms with E-state index < -0.39 is 0 Å². The van der Waals surface area contributed by atoms with E-state index in [1.807, 2.05) is 12.1 Å². The second-order valence-corrected chi connectivity index (χ2v) is 4.37. The van der Waals surface area contributed by atoms with Gasteiger partial charge in [0.2, 0.25) is 5.91 Å². The van der Waals surface area contributed by atoms with Crippen LogP contribution in [0.15, 0.2) is 29.2 Å². The van der Waals surface area contributed by atoms with Crippen molar-refractivity contribution < 1.29 is 14.3 Å². The molecule has 0 radical (unpaired) electrons. The Hall–Kier alpha value is -1.33. The smallest absolute Gasteiger partial charge is 0.230 e. The van der Waals surface area contributed by atoms with Crippen LogP contribution in [0, 0.1) is 0 Å². The Morgan fingerprint density at radius 3 is 2.71 bits per heavy atom. The van der Waals surface area contributed by atoms with E-state index in [0.29, 0.717) is 24.5 Å². The summed E-state index contributed by atoms with van der Waals surface area (Å²) in [5.74, 6) is 0.343. The van der Waals surface area contributed by atoms with Gasteiger partial charge in [0.1, 0.15) is 6.29 Å². The average Bonchev–Trinajstić information content (AvgIpc) is 2.37. The molecule has 1 amide bonds. The topological polar surface area (TPSA) is 55.4 Å². The Bertz CT molecular complexity index is 365. The monoisotopic (exact) mass is 253 g/mol. The first-order valence-corrected chi connectivity index (χ1v) is 6.18. The first-order valence-electron chi connectivity index (χ1n) is 5.20. The van der Waals surface area contributed by atoms with Crippen LogP contribution in [-0.4, -0.2) is 38.2 Å². The molecule has 0 heterocycles. The van der Waals surface area contributed by atoms with Crippen molar-refractivity contribution in [1.82, 2.24) is 5.32 Å². The molecule has 0 aromatic heterocycles. The van der Waals surface area contributed by atoms with Crippen LogP contribution in [0.2, 0.25) is 0 Å². The molecule has 4 nitrogen and oxygen atoms in total. The normalized spacial score (nSPS) is 9.94. The van der Waals surface area contributed by atoms with Gasteiger partial charge in [-0.05, 0) is 12.1 Å². The molecule has 0 aliphatic carbocycles. The molecular weight excluding hydrogens is 238 g/mol. The summed E-state index contributed by atoms with van der Waals surface area (Å²) in [7, 11) is 1.59. The molecule has 0 spiro atoms. The van der Waals surface area contributed by atoms with Crippen LogP contribution in [-0.2, 0) is 9.53 Å². The van der Waals surface area contributed by atoms with Gasteiger partial charge in [0.05, 0.1) is 12.4 Å². The third kappa shape index (κ3) is 5.51. The van der Waals surface area contributed by atoms with Gasteiger partial charge in [-0.3, -0.25) is 9.59 Å². The number of aldehydes is 1. The fraction of sp³-hybridized carbons (Fsp3) is 0.333. The van der Waals surface area contributed by atoms with Gasteiger partial charge >= 0.3 is 0 Å². The fourth-order valence-electron chi connectivity index (χ4n) is 1.14. The van der Waals surface area contributed by atoms with Crippen LogP contribution in [0.1, 0.15) is 10.4 Å². The maximum absolute atomic E-state index is 11.4. The number of methoxy groups -OCH3 is 1. The molecule has 0 aliphatic rings. The van der Waals surface area contributed by atoms with Crippen LogP contribution < -0.4 is 5.32 Å². The summed E-state index contributed by atoms with van der Waals surface area (Å²) in [5, 5.41) is 2.74. The lowest BCUT2D eigenvalue weighted by molar-refractivity contribution is -0.118. The quantitative estimate of drug-likeness (QED) is 0.453. The number of thioether (sulfide) groups is 1. The standard InChI is InChI=1S/C12H15NO3S/c1-16-7-6-13-12(15)9-17-11-4-2-10(8-14)3-5-11/h2-5,8H,6-7,9H2,1H3,(H,13,15). The zero-order valence-electron chi connectivity index (χ0n) is 9.64. The first kappa shape index (κ1) is 13.7. The number of hydrogen-bond acceptors (Lipinski definition) is 4. The number of rotatable bonds is 7. The molecule has 0 saturated heterocycles. The minimum atomic E-state index is -0.0217. The highest BCUT2D eigenvalue weighted by Gasteiger charge is 2.02. The van der Waals surface area contributed by atoms with E-state index in [1.165, 1.54) is 11.8 Å². The second kappa shape index (κ2) is 7.86. The van der Waals surface area contributed by atoms with E-state index in [1.54, 1.807) is 19.2 Å². The summed E-state index contributed by atoms with van der Waals surface area (Å²) >= 11 is 1.44. The lowest BCUT2D eigenvalue weighted by Crippen LogP contribution is -2.28. The van der Waals surface area contributed by atoms with Crippen molar-refractivity contribution >= 4 is 24.0 Å². The molecule has 92 valence electrons. The first-order chi connectivity index (χ1) is 8.26. The Labute approximate surface area is 105 Å². The van der Waals surface area contributed by atoms with E-state index in [9.17, 15) is 9.59 Å². The molecule has 0 fully saturated rings. The third-order valence-electron chi connectivity index (χ3n) is 2.01. The van der Waals surface area contributed by atoms with Gasteiger partial charge in [0, 0.05) is 24.1 Å². The van der Waals surface area contributed by atoms with Crippen LogP contribution in [0.4, 0.5) is 0 Å². The number of hydrogen-bond donors (Lipinski definition) is 1. The van der Waals surface area contributed by atoms with Gasteiger partial charge in [-0.25, -0.2) is 0 Å². The highest BCUT2D eigenvalue weighted by atomic mass is 32.2. The van der Waals surface area contributed by atoms with Crippen molar-refractivity contribution in [3.05, 3.63) is 29.8 Å². The second-order valence-electron chi connectivity index (χ2n) is 3.32. The lowest BCUT2D eigenvalue weighted by Gasteiger charge is -2.04. The zero-order valence-corrected chi connectivity index (χ0v) is 10.5. The Kier molecular flexibility index (Phi) is 6.35. The summed E-state index contributed by atoms with van der Waals surface area (Å²) in [6.07, 6.45) is 0.798. The van der Waals surface area contributed by atoms with Crippen molar-refractivity contribution in [3.8, 4) is 0 Å². The van der Waals surface area contributed by atoms with Crippen molar-refractivity contribution in [2.75, 3.05) is 26.0 Å². The number of benzene rings is 1. The molecule has 1 rings (SSSR count). The largest absolute Gasteiger partial charge is 0.383 e. The molecule has 5 heteroatoms. The lowest BCUT2D eigenvalue weighted by atomic mass is 10.2. The van der Waals surface area contributed by atoms with Crippen LogP contribution in [0.25, 0.3) is 0 Å². The SMILES string of the molecule is COCCNC(=O)CSc1ccc(C=O)cc1. The molecule has 0 unspecified atom stereocenters. The third-order valence-corrected chi connectivity index (χ3v) is 3.03. The number of ether oxygens (including phenoxy) is 1. The summed E-state index contributed by atoms with van der Waals surface area (Å²) in [4.78, 5) is 22.8. The molecular formula is C12H15NO3S. The van der Waals surface area contributed by atoms with Crippen molar-refractivity contribution in [1.29, 1.82) is 0 Å². The van der Waals surface area contributed by atoms with Gasteiger partial charge in [0.15, 0.2) is 0 Å². The summed E-state index contributed by atoms with van der Waals surface area (Å²) in [6.45, 7) is 1.05. The fourth-order valence-corrected chi connectivity index (χ4v) is 1.86. The van der Waals surface area contributed by atoms with Crippen molar-refractivity contribution in [3.63, 3.8) is 0 Å². The van der Waals surface area contributed by atoms with Gasteiger partial charge in [-0.1, -0.05) is 12.1 Å². The molecule has 1 N–H and O–H groups in total. The van der Waals surface area contributed by atoms with E-state index in [-0.39, 0.29) is 5.91 Å². The molecule has 17 heavy (non-hydrogen) atoms. The van der Waals surface area contributed by atoms with Gasteiger partial charge in [-0.15, -0.1) is 11.8 Å². The molecule has 0 atom stereocenters. The van der Waals surface area contributed by atoms with E-state index in [0.717, 1.165) is 11.2 Å². The maximum Gasteiger partial charge on any atom is 0.230 e. The molecule has 0 saturated carbocycles. The van der Waals surface area contributed by atoms with Crippen LogP contribution >= 0.6 is 11.8 Å². The zero-order chi connectivity index (χ0) is 12.5. The molecule has 1 aromatic rings. The van der Waals surface area contributed by atoms with E-state index in [2.05, 4.69) is 5.32 Å². The van der Waals surface area contributed by atoms with Gasteiger partial charge in [0.25, 0.3) is 0 Å². The molecule has 1 aromatic carbocycles. The number of nitrogens with one attached hydrogen (secondary N) is 1. The predicted molar refractivity (Wildman–Crippen MR) is 67.4 cm³/mol. The molecule has 0 bridgehead atoms. The highest BCUT2D eigenvalue weighted by Crippen LogP contribution is 2.17. The summed E-state index contributed by atoms with van der Waals surface area (Å²) < 4.78 is 4.83. The van der Waals surface area contributed by atoms with Crippen molar-refractivity contribution in [2.45, 2.75) is 4.90 Å². The van der Waals surface area contributed by atoms with E-state index >= 15 is 0 Å². The Balaban J connectivity index is 2.29. The predicted octanol–water partition coefficient (Wildman–Crippen LogP) is 1.35. The number of carbonyl (C=O) groups is 2.